The molecule has 3 nitrogen and oxygen atoms in total. The molecule has 3 aromatic rings. The summed E-state index contributed by atoms with van der Waals surface area (Å²) < 4.78 is 9.86. The Balaban J connectivity index is 2.53. The number of aryl methyl sites for hydroxylation is 1. The molecule has 2 aromatic heterocycles. The summed E-state index contributed by atoms with van der Waals surface area (Å²) in [7, 11) is 0. The molecular weight excluding hydrogens is 224 g/mol. The van der Waals surface area contributed by atoms with Gasteiger partial charge in [-0.1, -0.05) is 36.4 Å². The number of pyridine rings is 1. The van der Waals surface area contributed by atoms with Crippen LogP contribution in [-0.2, 0) is 0 Å². The van der Waals surface area contributed by atoms with Crippen LogP contribution in [0.5, 0.6) is 0 Å². The van der Waals surface area contributed by atoms with Crippen LogP contribution in [-0.4, -0.2) is 9.38 Å². The molecule has 0 radical (unpaired) electrons. The topological polar surface area (TPSA) is 34.4 Å². The second kappa shape index (κ2) is 4.11. The van der Waals surface area contributed by atoms with Gasteiger partial charge >= 0.3 is 0 Å². The van der Waals surface area contributed by atoms with E-state index in [1.807, 2.05) is 53.8 Å². The van der Waals surface area contributed by atoms with Gasteiger partial charge in [0.1, 0.15) is 5.65 Å². The summed E-state index contributed by atoms with van der Waals surface area (Å²) >= 11 is 0. The molecule has 2 heterocycles. The van der Waals surface area contributed by atoms with E-state index in [0.29, 0.717) is 11.3 Å². The van der Waals surface area contributed by atoms with Gasteiger partial charge in [0.15, 0.2) is 0 Å². The van der Waals surface area contributed by atoms with Crippen molar-refractivity contribution < 1.29 is 1.37 Å². The normalized spacial score (nSPS) is 11.5. The molecule has 0 spiro atoms. The summed E-state index contributed by atoms with van der Waals surface area (Å²) in [6.45, 7) is 1.94. The Morgan fingerprint density at radius 3 is 2.67 bits per heavy atom. The first-order chi connectivity index (χ1) is 9.18. The van der Waals surface area contributed by atoms with Crippen molar-refractivity contribution in [1.29, 1.82) is 0 Å². The minimum Gasteiger partial charge on any atom is -0.298 e. The SMILES string of the molecule is [2H]c1c(-c2ccccc2)n2c(C)cccc2nc1=O. The fourth-order valence-corrected chi connectivity index (χ4v) is 2.07. The first-order valence-electron chi connectivity index (χ1n) is 6.23. The van der Waals surface area contributed by atoms with E-state index in [2.05, 4.69) is 4.98 Å². The zero-order valence-electron chi connectivity index (χ0n) is 10.9. The van der Waals surface area contributed by atoms with Crippen LogP contribution in [0.25, 0.3) is 16.9 Å². The van der Waals surface area contributed by atoms with Crippen molar-refractivity contribution >= 4 is 5.65 Å². The molecule has 0 saturated heterocycles. The average Bonchev–Trinajstić information content (AvgIpc) is 2.42. The smallest absolute Gasteiger partial charge is 0.273 e. The highest BCUT2D eigenvalue weighted by Gasteiger charge is 2.06. The molecule has 0 aliphatic rings. The zero-order chi connectivity index (χ0) is 13.4. The highest BCUT2D eigenvalue weighted by molar-refractivity contribution is 5.63. The van der Waals surface area contributed by atoms with E-state index >= 15 is 0 Å². The van der Waals surface area contributed by atoms with Crippen LogP contribution in [0.4, 0.5) is 0 Å². The number of hydrogen-bond acceptors (Lipinski definition) is 2. The number of hydrogen-bond donors (Lipinski definition) is 0. The lowest BCUT2D eigenvalue weighted by Gasteiger charge is -2.11. The van der Waals surface area contributed by atoms with Gasteiger partial charge in [0.25, 0.3) is 5.56 Å². The lowest BCUT2D eigenvalue weighted by molar-refractivity contribution is 1.03. The molecule has 0 atom stereocenters. The van der Waals surface area contributed by atoms with Gasteiger partial charge in [0, 0.05) is 11.7 Å². The quantitative estimate of drug-likeness (QED) is 0.652. The lowest BCUT2D eigenvalue weighted by Crippen LogP contribution is -2.11. The Labute approximate surface area is 106 Å². The maximum atomic E-state index is 11.8. The van der Waals surface area contributed by atoms with E-state index in [1.54, 1.807) is 6.07 Å². The lowest BCUT2D eigenvalue weighted by atomic mass is 10.1. The minimum atomic E-state index is -0.496. The van der Waals surface area contributed by atoms with Gasteiger partial charge in [0.2, 0.25) is 0 Å². The molecule has 3 heteroatoms. The molecular formula is C15H12N2O. The highest BCUT2D eigenvalue weighted by atomic mass is 16.1. The van der Waals surface area contributed by atoms with E-state index in [1.165, 1.54) is 0 Å². The van der Waals surface area contributed by atoms with Gasteiger partial charge in [-0.15, -0.1) is 0 Å². The van der Waals surface area contributed by atoms with Crippen LogP contribution in [0, 0.1) is 6.92 Å². The van der Waals surface area contributed by atoms with Crippen molar-refractivity contribution in [3.05, 3.63) is 70.6 Å². The van der Waals surface area contributed by atoms with Gasteiger partial charge < -0.3 is 0 Å². The van der Waals surface area contributed by atoms with Crippen molar-refractivity contribution in [3.8, 4) is 11.3 Å². The molecule has 0 N–H and O–H groups in total. The summed E-state index contributed by atoms with van der Waals surface area (Å²) in [5.41, 5.74) is 2.45. The summed E-state index contributed by atoms with van der Waals surface area (Å²) in [6.07, 6.45) is 0. The van der Waals surface area contributed by atoms with Crippen molar-refractivity contribution in [2.75, 3.05) is 0 Å². The van der Waals surface area contributed by atoms with E-state index in [0.717, 1.165) is 11.3 Å². The molecule has 0 bridgehead atoms. The molecule has 0 fully saturated rings. The Morgan fingerprint density at radius 2 is 1.89 bits per heavy atom. The van der Waals surface area contributed by atoms with Gasteiger partial charge in [-0.2, -0.15) is 4.98 Å². The van der Waals surface area contributed by atoms with E-state index in [9.17, 15) is 4.79 Å². The summed E-state index contributed by atoms with van der Waals surface area (Å²) in [5.74, 6) is 0. The molecule has 88 valence electrons. The fourth-order valence-electron chi connectivity index (χ4n) is 2.07. The monoisotopic (exact) mass is 237 g/mol. The summed E-state index contributed by atoms with van der Waals surface area (Å²) in [6, 6.07) is 15.0. The molecule has 0 aliphatic heterocycles. The second-order valence-electron chi connectivity index (χ2n) is 4.12. The highest BCUT2D eigenvalue weighted by Crippen LogP contribution is 2.19. The van der Waals surface area contributed by atoms with Crippen LogP contribution in [0.1, 0.15) is 7.06 Å². The zero-order valence-corrected chi connectivity index (χ0v) is 9.92. The van der Waals surface area contributed by atoms with Gasteiger partial charge in [-0.25, -0.2) is 0 Å². The Kier molecular flexibility index (Phi) is 2.19. The van der Waals surface area contributed by atoms with E-state index < -0.39 is 5.56 Å². The van der Waals surface area contributed by atoms with Crippen LogP contribution in [0.3, 0.4) is 0 Å². The first kappa shape index (κ1) is 9.59. The minimum absolute atomic E-state index is 0.0713. The van der Waals surface area contributed by atoms with Gasteiger partial charge in [0.05, 0.1) is 7.06 Å². The Hall–Kier alpha value is -2.42. The number of aromatic nitrogens is 2. The maximum absolute atomic E-state index is 11.8. The van der Waals surface area contributed by atoms with E-state index in [4.69, 9.17) is 1.37 Å². The van der Waals surface area contributed by atoms with Crippen molar-refractivity contribution in [3.63, 3.8) is 0 Å². The van der Waals surface area contributed by atoms with Crippen molar-refractivity contribution in [2.45, 2.75) is 6.92 Å². The van der Waals surface area contributed by atoms with Crippen molar-refractivity contribution in [1.82, 2.24) is 9.38 Å². The second-order valence-corrected chi connectivity index (χ2v) is 4.12. The van der Waals surface area contributed by atoms with Crippen LogP contribution < -0.4 is 5.56 Å². The number of nitrogens with zero attached hydrogens (tertiary/aromatic N) is 2. The third-order valence-corrected chi connectivity index (χ3v) is 2.88. The molecule has 18 heavy (non-hydrogen) atoms. The summed E-state index contributed by atoms with van der Waals surface area (Å²) in [4.78, 5) is 15.8. The van der Waals surface area contributed by atoms with Gasteiger partial charge in [-0.05, 0) is 24.6 Å². The molecule has 0 saturated carbocycles. The Bertz CT molecular complexity index is 809. The third kappa shape index (κ3) is 1.70. The summed E-state index contributed by atoms with van der Waals surface area (Å²) in [5, 5.41) is 0. The van der Waals surface area contributed by atoms with Crippen LogP contribution in [0.15, 0.2) is 59.4 Å². The Morgan fingerprint density at radius 1 is 1.11 bits per heavy atom. The largest absolute Gasteiger partial charge is 0.298 e. The maximum Gasteiger partial charge on any atom is 0.273 e. The molecule has 3 rings (SSSR count). The third-order valence-electron chi connectivity index (χ3n) is 2.88. The molecule has 0 unspecified atom stereocenters. The predicted molar refractivity (Wildman–Crippen MR) is 71.6 cm³/mol. The fraction of sp³-hybridized carbons (Fsp3) is 0.0667. The van der Waals surface area contributed by atoms with E-state index in [-0.39, 0.29) is 6.04 Å². The predicted octanol–water partition coefficient (Wildman–Crippen LogP) is 2.67. The first-order valence-corrected chi connectivity index (χ1v) is 5.73. The average molecular weight is 237 g/mol. The van der Waals surface area contributed by atoms with Crippen LogP contribution in [0.2, 0.25) is 0 Å². The van der Waals surface area contributed by atoms with Gasteiger partial charge in [-0.3, -0.25) is 9.20 Å². The standard InChI is InChI=1S/C15H12N2O/c1-11-6-5-9-14-16-15(18)10-13(17(11)14)12-7-3-2-4-8-12/h2-10H,1H3/i10D. The molecule has 0 amide bonds. The number of benzene rings is 1. The number of rotatable bonds is 1. The van der Waals surface area contributed by atoms with Crippen LogP contribution >= 0.6 is 0 Å². The number of fused-ring (bicyclic) bond motifs is 1. The molecule has 0 aliphatic carbocycles. The molecule has 1 aromatic carbocycles. The van der Waals surface area contributed by atoms with Crippen molar-refractivity contribution in [2.24, 2.45) is 0 Å².